The molecule has 0 amide bonds. The van der Waals surface area contributed by atoms with Crippen LogP contribution in [0.4, 0.5) is 0 Å². The van der Waals surface area contributed by atoms with Crippen LogP contribution in [0.25, 0.3) is 0 Å². The minimum Gasteiger partial charge on any atom is -0.494 e. The average Bonchev–Trinajstić information content (AvgIpc) is 2.44. The van der Waals surface area contributed by atoms with Gasteiger partial charge < -0.3 is 9.84 Å². The molecule has 0 radical (unpaired) electrons. The Kier molecular flexibility index (Phi) is 7.78. The smallest absolute Gasteiger partial charge is 0.303 e. The quantitative estimate of drug-likeness (QED) is 0.649. The minimum atomic E-state index is -0.720. The van der Waals surface area contributed by atoms with Crippen molar-refractivity contribution in [1.82, 2.24) is 0 Å². The number of ether oxygens (including phenoxy) is 1. The Morgan fingerprint density at radius 3 is 2.50 bits per heavy atom. The van der Waals surface area contributed by atoms with Gasteiger partial charge in [-0.15, -0.1) is 0 Å². The molecular weight excluding hydrogens is 252 g/mol. The van der Waals surface area contributed by atoms with Gasteiger partial charge in [0.2, 0.25) is 0 Å². The summed E-state index contributed by atoms with van der Waals surface area (Å²) in [6.07, 6.45) is 5.11. The van der Waals surface area contributed by atoms with E-state index < -0.39 is 5.97 Å². The van der Waals surface area contributed by atoms with Crippen LogP contribution in [-0.4, -0.2) is 17.7 Å². The van der Waals surface area contributed by atoms with Gasteiger partial charge in [-0.3, -0.25) is 4.79 Å². The van der Waals surface area contributed by atoms with E-state index in [1.54, 1.807) is 0 Å². The lowest BCUT2D eigenvalue weighted by Crippen LogP contribution is -2.00. The summed E-state index contributed by atoms with van der Waals surface area (Å²) >= 11 is 0. The molecule has 1 N–H and O–H groups in total. The molecule has 1 rings (SSSR count). The molecule has 0 aliphatic rings. The van der Waals surface area contributed by atoms with Crippen LogP contribution in [0.5, 0.6) is 5.75 Å². The van der Waals surface area contributed by atoms with Crippen molar-refractivity contribution in [3.63, 3.8) is 0 Å². The second-order valence-electron chi connectivity index (χ2n) is 5.41. The van der Waals surface area contributed by atoms with Crippen molar-refractivity contribution in [3.05, 3.63) is 29.8 Å². The molecule has 1 atom stereocenters. The fourth-order valence-corrected chi connectivity index (χ4v) is 2.01. The Bertz CT molecular complexity index is 384. The lowest BCUT2D eigenvalue weighted by Gasteiger charge is -2.10. The summed E-state index contributed by atoms with van der Waals surface area (Å²) in [5.41, 5.74) is 1.35. The third-order valence-electron chi connectivity index (χ3n) is 3.51. The highest BCUT2D eigenvalue weighted by molar-refractivity contribution is 5.66. The molecule has 3 nitrogen and oxygen atoms in total. The van der Waals surface area contributed by atoms with E-state index in [1.165, 1.54) is 12.0 Å². The predicted molar refractivity (Wildman–Crippen MR) is 81.2 cm³/mol. The van der Waals surface area contributed by atoms with Crippen molar-refractivity contribution in [1.29, 1.82) is 0 Å². The van der Waals surface area contributed by atoms with E-state index >= 15 is 0 Å². The normalized spacial score (nSPS) is 12.1. The molecule has 0 bridgehead atoms. The number of carbonyl (C=O) groups is 1. The van der Waals surface area contributed by atoms with Gasteiger partial charge in [-0.25, -0.2) is 0 Å². The number of hydrogen-bond acceptors (Lipinski definition) is 2. The van der Waals surface area contributed by atoms with Crippen molar-refractivity contribution < 1.29 is 14.6 Å². The number of aliphatic carboxylic acids is 1. The maximum Gasteiger partial charge on any atom is 0.303 e. The lowest BCUT2D eigenvalue weighted by molar-refractivity contribution is -0.137. The second-order valence-corrected chi connectivity index (χ2v) is 5.41. The first kappa shape index (κ1) is 16.5. The zero-order valence-electron chi connectivity index (χ0n) is 12.6. The molecule has 0 saturated heterocycles. The van der Waals surface area contributed by atoms with Crippen molar-refractivity contribution in [2.75, 3.05) is 6.61 Å². The number of carboxylic acid groups (broad SMARTS) is 1. The van der Waals surface area contributed by atoms with Crippen LogP contribution < -0.4 is 4.74 Å². The van der Waals surface area contributed by atoms with E-state index in [-0.39, 0.29) is 6.42 Å². The van der Waals surface area contributed by atoms with Crippen molar-refractivity contribution in [3.8, 4) is 5.75 Å². The third-order valence-corrected chi connectivity index (χ3v) is 3.51. The first-order valence-electron chi connectivity index (χ1n) is 7.55. The summed E-state index contributed by atoms with van der Waals surface area (Å²) in [5.74, 6) is 0.898. The summed E-state index contributed by atoms with van der Waals surface area (Å²) < 4.78 is 5.65. The first-order valence-corrected chi connectivity index (χ1v) is 7.55. The number of unbranched alkanes of at least 4 members (excludes halogenated alkanes) is 2. The molecule has 1 aromatic rings. The monoisotopic (exact) mass is 278 g/mol. The van der Waals surface area contributed by atoms with Crippen molar-refractivity contribution >= 4 is 5.97 Å². The topological polar surface area (TPSA) is 46.5 Å². The van der Waals surface area contributed by atoms with E-state index in [9.17, 15) is 4.79 Å². The fourth-order valence-electron chi connectivity index (χ4n) is 2.01. The lowest BCUT2D eigenvalue weighted by atomic mass is 9.99. The Morgan fingerprint density at radius 1 is 1.20 bits per heavy atom. The zero-order chi connectivity index (χ0) is 14.8. The van der Waals surface area contributed by atoms with E-state index in [1.807, 2.05) is 12.1 Å². The summed E-state index contributed by atoms with van der Waals surface area (Å²) in [6, 6.07) is 8.31. The molecule has 0 aliphatic heterocycles. The van der Waals surface area contributed by atoms with Crippen LogP contribution in [-0.2, 0) is 11.2 Å². The Labute approximate surface area is 122 Å². The molecule has 0 aliphatic carbocycles. The van der Waals surface area contributed by atoms with Crippen LogP contribution in [0.15, 0.2) is 24.3 Å². The highest BCUT2D eigenvalue weighted by atomic mass is 16.5. The van der Waals surface area contributed by atoms with Crippen LogP contribution in [0.1, 0.15) is 51.5 Å². The summed E-state index contributed by atoms with van der Waals surface area (Å²) in [5, 5.41) is 8.52. The highest BCUT2D eigenvalue weighted by Gasteiger charge is 2.02. The molecule has 1 unspecified atom stereocenters. The Morgan fingerprint density at radius 2 is 1.90 bits per heavy atom. The van der Waals surface area contributed by atoms with Gasteiger partial charge in [0, 0.05) is 6.42 Å². The second kappa shape index (κ2) is 9.40. The van der Waals surface area contributed by atoms with E-state index in [2.05, 4.69) is 26.0 Å². The van der Waals surface area contributed by atoms with Crippen LogP contribution in [0.3, 0.4) is 0 Å². The molecule has 20 heavy (non-hydrogen) atoms. The Balaban J connectivity index is 2.19. The average molecular weight is 278 g/mol. The molecule has 112 valence electrons. The summed E-state index contributed by atoms with van der Waals surface area (Å²) in [7, 11) is 0. The molecule has 0 fully saturated rings. The van der Waals surface area contributed by atoms with Gasteiger partial charge in [-0.1, -0.05) is 32.4 Å². The maximum absolute atomic E-state index is 10.4. The van der Waals surface area contributed by atoms with Crippen LogP contribution >= 0.6 is 0 Å². The van der Waals surface area contributed by atoms with E-state index in [0.29, 0.717) is 6.61 Å². The Hall–Kier alpha value is -1.51. The molecule has 0 saturated carbocycles. The van der Waals surface area contributed by atoms with Crippen molar-refractivity contribution in [2.45, 2.75) is 52.4 Å². The molecule has 0 spiro atoms. The van der Waals surface area contributed by atoms with Gasteiger partial charge >= 0.3 is 5.97 Å². The third kappa shape index (κ3) is 7.17. The fraction of sp³-hybridized carbons (Fsp3) is 0.588. The van der Waals surface area contributed by atoms with Gasteiger partial charge in [0.15, 0.2) is 0 Å². The zero-order valence-corrected chi connectivity index (χ0v) is 12.6. The maximum atomic E-state index is 10.4. The van der Waals surface area contributed by atoms with Gasteiger partial charge in [0.1, 0.15) is 5.75 Å². The predicted octanol–water partition coefficient (Wildman–Crippen LogP) is 4.30. The molecule has 1 aromatic carbocycles. The summed E-state index contributed by atoms with van der Waals surface area (Å²) in [4.78, 5) is 10.4. The molecular formula is C17H26O3. The number of benzene rings is 1. The summed E-state index contributed by atoms with van der Waals surface area (Å²) in [6.45, 7) is 5.14. The van der Waals surface area contributed by atoms with Crippen LogP contribution in [0.2, 0.25) is 0 Å². The van der Waals surface area contributed by atoms with Gasteiger partial charge in [-0.05, 0) is 49.3 Å². The molecule has 3 heteroatoms. The SMILES string of the molecule is CCC(C)Cc1ccc(OCCCCCC(=O)O)cc1. The molecule has 0 heterocycles. The standard InChI is InChI=1S/C17H26O3/c1-3-14(2)13-15-8-10-16(11-9-15)20-12-6-4-5-7-17(18)19/h8-11,14H,3-7,12-13H2,1-2H3,(H,18,19). The largest absolute Gasteiger partial charge is 0.494 e. The number of rotatable bonds is 10. The first-order chi connectivity index (χ1) is 9.61. The van der Waals surface area contributed by atoms with Gasteiger partial charge in [0.25, 0.3) is 0 Å². The minimum absolute atomic E-state index is 0.254. The van der Waals surface area contributed by atoms with Gasteiger partial charge in [-0.2, -0.15) is 0 Å². The highest BCUT2D eigenvalue weighted by Crippen LogP contribution is 2.16. The van der Waals surface area contributed by atoms with Crippen molar-refractivity contribution in [2.24, 2.45) is 5.92 Å². The van der Waals surface area contributed by atoms with Crippen LogP contribution in [0, 0.1) is 5.92 Å². The number of hydrogen-bond donors (Lipinski definition) is 1. The number of carboxylic acids is 1. The van der Waals surface area contributed by atoms with E-state index in [0.717, 1.165) is 37.4 Å². The van der Waals surface area contributed by atoms with Gasteiger partial charge in [0.05, 0.1) is 6.61 Å². The molecule has 0 aromatic heterocycles. The van der Waals surface area contributed by atoms with E-state index in [4.69, 9.17) is 9.84 Å².